The van der Waals surface area contributed by atoms with Crippen LogP contribution in [0.4, 0.5) is 0 Å². The van der Waals surface area contributed by atoms with Gasteiger partial charge in [-0.1, -0.05) is 60.8 Å². The summed E-state index contributed by atoms with van der Waals surface area (Å²) in [6, 6.07) is 14.6. The number of ketones is 1. The van der Waals surface area contributed by atoms with E-state index in [2.05, 4.69) is 5.32 Å². The van der Waals surface area contributed by atoms with E-state index in [9.17, 15) is 14.4 Å². The van der Waals surface area contributed by atoms with Gasteiger partial charge < -0.3 is 10.1 Å². The minimum absolute atomic E-state index is 0.0362. The number of amides is 1. The minimum atomic E-state index is -0.692. The Morgan fingerprint density at radius 3 is 2.26 bits per heavy atom. The molecule has 1 fully saturated rings. The average molecular weight is 442 g/mol. The number of rotatable bonds is 9. The third-order valence-corrected chi connectivity index (χ3v) is 6.12. The summed E-state index contributed by atoms with van der Waals surface area (Å²) in [6.07, 6.45) is 4.98. The van der Waals surface area contributed by atoms with Gasteiger partial charge in [-0.05, 0) is 48.9 Å². The van der Waals surface area contributed by atoms with Gasteiger partial charge in [0.1, 0.15) is 0 Å². The number of halogens is 1. The summed E-state index contributed by atoms with van der Waals surface area (Å²) in [6.45, 7) is 1.86. The van der Waals surface area contributed by atoms with Crippen molar-refractivity contribution < 1.29 is 19.1 Å². The summed E-state index contributed by atoms with van der Waals surface area (Å²) < 4.78 is 5.50. The highest BCUT2D eigenvalue weighted by atomic mass is 35.5. The Morgan fingerprint density at radius 2 is 1.65 bits per heavy atom. The van der Waals surface area contributed by atoms with Crippen LogP contribution in [0.5, 0.6) is 0 Å². The van der Waals surface area contributed by atoms with Crippen LogP contribution >= 0.6 is 11.6 Å². The molecule has 31 heavy (non-hydrogen) atoms. The molecule has 0 radical (unpaired) electrons. The topological polar surface area (TPSA) is 72.5 Å². The van der Waals surface area contributed by atoms with Crippen LogP contribution in [-0.2, 0) is 26.2 Å². The first-order valence-electron chi connectivity index (χ1n) is 10.7. The van der Waals surface area contributed by atoms with Crippen LogP contribution in [0, 0.1) is 0 Å². The number of Topliss-reactive ketones (excluding diaryl/α,β-unsaturated/α-hetero) is 1. The molecule has 5 nitrogen and oxygen atoms in total. The molecule has 0 aromatic heterocycles. The van der Waals surface area contributed by atoms with Crippen LogP contribution in [0.25, 0.3) is 0 Å². The van der Waals surface area contributed by atoms with E-state index in [0.717, 1.165) is 49.7 Å². The average Bonchev–Trinajstić information content (AvgIpc) is 3.27. The van der Waals surface area contributed by atoms with E-state index in [1.165, 1.54) is 6.92 Å². The van der Waals surface area contributed by atoms with E-state index >= 15 is 0 Å². The molecule has 0 heterocycles. The van der Waals surface area contributed by atoms with E-state index in [0.29, 0.717) is 17.1 Å². The first-order chi connectivity index (χ1) is 14.9. The van der Waals surface area contributed by atoms with Gasteiger partial charge in [0.05, 0.1) is 5.41 Å². The number of carbonyl (C=O) groups excluding carboxylic acids is 3. The monoisotopic (exact) mass is 441 g/mol. The van der Waals surface area contributed by atoms with Crippen molar-refractivity contribution in [2.75, 3.05) is 13.2 Å². The minimum Gasteiger partial charge on any atom is -0.457 e. The lowest BCUT2D eigenvalue weighted by Gasteiger charge is -2.27. The molecule has 6 heteroatoms. The fourth-order valence-electron chi connectivity index (χ4n) is 4.12. The Morgan fingerprint density at radius 1 is 1.00 bits per heavy atom. The number of hydrogen-bond donors (Lipinski definition) is 1. The number of ether oxygens (including phenoxy) is 1. The van der Waals surface area contributed by atoms with Crippen LogP contribution in [0.15, 0.2) is 48.5 Å². The maximum absolute atomic E-state index is 13.0. The van der Waals surface area contributed by atoms with Gasteiger partial charge in [0.15, 0.2) is 12.4 Å². The predicted molar refractivity (Wildman–Crippen MR) is 120 cm³/mol. The Bertz CT molecular complexity index is 916. The SMILES string of the molecule is CC(=O)NCCCc1ccc(C(=O)COC(=O)C2(c3ccc(Cl)cc3)CCCC2)cc1. The van der Waals surface area contributed by atoms with Gasteiger partial charge in [-0.15, -0.1) is 0 Å². The summed E-state index contributed by atoms with van der Waals surface area (Å²) in [4.78, 5) is 36.4. The number of benzene rings is 2. The van der Waals surface area contributed by atoms with Gasteiger partial charge in [0, 0.05) is 24.1 Å². The largest absolute Gasteiger partial charge is 0.457 e. The van der Waals surface area contributed by atoms with E-state index in [4.69, 9.17) is 16.3 Å². The summed E-state index contributed by atoms with van der Waals surface area (Å²) in [7, 11) is 0. The van der Waals surface area contributed by atoms with E-state index in [1.807, 2.05) is 24.3 Å². The molecule has 0 saturated heterocycles. The molecule has 1 aliphatic carbocycles. The second kappa shape index (κ2) is 10.6. The maximum Gasteiger partial charge on any atom is 0.317 e. The molecule has 1 aliphatic rings. The zero-order valence-corrected chi connectivity index (χ0v) is 18.5. The number of aryl methyl sites for hydroxylation is 1. The Kier molecular flexibility index (Phi) is 7.85. The fraction of sp³-hybridized carbons (Fsp3) is 0.400. The molecule has 0 spiro atoms. The molecular weight excluding hydrogens is 414 g/mol. The number of esters is 1. The summed E-state index contributed by atoms with van der Waals surface area (Å²) in [5.41, 5.74) is 1.82. The lowest BCUT2D eigenvalue weighted by molar-refractivity contribution is -0.149. The first-order valence-corrected chi connectivity index (χ1v) is 11.1. The first kappa shape index (κ1) is 23.0. The smallest absolute Gasteiger partial charge is 0.317 e. The lowest BCUT2D eigenvalue weighted by Crippen LogP contribution is -2.35. The molecule has 2 aromatic rings. The van der Waals surface area contributed by atoms with Gasteiger partial charge >= 0.3 is 5.97 Å². The third kappa shape index (κ3) is 5.95. The van der Waals surface area contributed by atoms with Crippen LogP contribution in [0.3, 0.4) is 0 Å². The van der Waals surface area contributed by atoms with Gasteiger partial charge in [0.25, 0.3) is 0 Å². The quantitative estimate of drug-likeness (QED) is 0.349. The zero-order chi connectivity index (χ0) is 22.3. The normalized spacial score (nSPS) is 14.8. The Labute approximate surface area is 188 Å². The molecule has 2 aromatic carbocycles. The molecular formula is C25H28ClNO4. The van der Waals surface area contributed by atoms with Crippen LogP contribution in [0.2, 0.25) is 5.02 Å². The van der Waals surface area contributed by atoms with Crippen LogP contribution in [-0.4, -0.2) is 30.8 Å². The van der Waals surface area contributed by atoms with Crippen molar-refractivity contribution in [2.24, 2.45) is 0 Å². The van der Waals surface area contributed by atoms with Gasteiger partial charge in [-0.2, -0.15) is 0 Å². The molecule has 164 valence electrons. The van der Waals surface area contributed by atoms with Crippen LogP contribution in [0.1, 0.15) is 60.5 Å². The molecule has 3 rings (SSSR count). The third-order valence-electron chi connectivity index (χ3n) is 5.87. The van der Waals surface area contributed by atoms with Crippen molar-refractivity contribution in [2.45, 2.75) is 50.9 Å². The second-order valence-electron chi connectivity index (χ2n) is 8.08. The highest BCUT2D eigenvalue weighted by Gasteiger charge is 2.44. The van der Waals surface area contributed by atoms with Crippen molar-refractivity contribution in [3.05, 3.63) is 70.2 Å². The Balaban J connectivity index is 1.56. The highest BCUT2D eigenvalue weighted by molar-refractivity contribution is 6.30. The van der Waals surface area contributed by atoms with Gasteiger partial charge in [-0.25, -0.2) is 0 Å². The molecule has 1 saturated carbocycles. The molecule has 0 aliphatic heterocycles. The van der Waals surface area contributed by atoms with Crippen LogP contribution < -0.4 is 5.32 Å². The Hall–Kier alpha value is -2.66. The molecule has 1 N–H and O–H groups in total. The van der Waals surface area contributed by atoms with E-state index in [1.54, 1.807) is 24.3 Å². The molecule has 0 bridgehead atoms. The predicted octanol–water partition coefficient (Wildman–Crippen LogP) is 4.65. The lowest BCUT2D eigenvalue weighted by atomic mass is 9.79. The zero-order valence-electron chi connectivity index (χ0n) is 17.8. The van der Waals surface area contributed by atoms with Crippen molar-refractivity contribution in [3.63, 3.8) is 0 Å². The molecule has 0 unspecified atom stereocenters. The van der Waals surface area contributed by atoms with Crippen molar-refractivity contribution in [3.8, 4) is 0 Å². The number of hydrogen-bond acceptors (Lipinski definition) is 4. The number of carbonyl (C=O) groups is 3. The maximum atomic E-state index is 13.0. The van der Waals surface area contributed by atoms with E-state index in [-0.39, 0.29) is 24.3 Å². The number of nitrogens with one attached hydrogen (secondary N) is 1. The molecule has 0 atom stereocenters. The van der Waals surface area contributed by atoms with Gasteiger partial charge in [-0.3, -0.25) is 14.4 Å². The summed E-state index contributed by atoms with van der Waals surface area (Å²) >= 11 is 6.00. The molecule has 1 amide bonds. The fourth-order valence-corrected chi connectivity index (χ4v) is 4.25. The van der Waals surface area contributed by atoms with E-state index < -0.39 is 5.41 Å². The van der Waals surface area contributed by atoms with Gasteiger partial charge in [0.2, 0.25) is 5.91 Å². The van der Waals surface area contributed by atoms with Crippen molar-refractivity contribution in [1.29, 1.82) is 0 Å². The highest BCUT2D eigenvalue weighted by Crippen LogP contribution is 2.42. The van der Waals surface area contributed by atoms with Crippen molar-refractivity contribution in [1.82, 2.24) is 5.32 Å². The van der Waals surface area contributed by atoms with Crippen molar-refractivity contribution >= 4 is 29.3 Å². The standard InChI is InChI=1S/C25H28ClNO4/c1-18(28)27-16-4-5-19-6-8-20(9-7-19)23(29)17-31-24(30)25(14-2-3-15-25)21-10-12-22(26)13-11-21/h6-13H,2-5,14-17H2,1H3,(H,27,28). The second-order valence-corrected chi connectivity index (χ2v) is 8.52. The summed E-state index contributed by atoms with van der Waals surface area (Å²) in [5.74, 6) is -0.594. The summed E-state index contributed by atoms with van der Waals surface area (Å²) in [5, 5.41) is 3.39.